The smallest absolute Gasteiger partial charge is 0.262 e. The van der Waals surface area contributed by atoms with E-state index in [9.17, 15) is 10.1 Å². The van der Waals surface area contributed by atoms with Crippen LogP contribution in [0.15, 0.2) is 23.8 Å². The minimum atomic E-state index is -0.278. The van der Waals surface area contributed by atoms with E-state index >= 15 is 0 Å². The molecule has 1 aliphatic carbocycles. The third-order valence-corrected chi connectivity index (χ3v) is 4.52. The van der Waals surface area contributed by atoms with Gasteiger partial charge in [-0.2, -0.15) is 5.26 Å². The first kappa shape index (κ1) is 17.1. The normalized spacial score (nSPS) is 21.4. The Morgan fingerprint density at radius 2 is 2.13 bits per heavy atom. The maximum absolute atomic E-state index is 12.4. The quantitative estimate of drug-likeness (QED) is 0.682. The first-order valence-corrected chi connectivity index (χ1v) is 8.12. The van der Waals surface area contributed by atoms with E-state index in [1.807, 2.05) is 31.2 Å². The fourth-order valence-corrected chi connectivity index (χ4v) is 3.08. The van der Waals surface area contributed by atoms with Gasteiger partial charge in [0, 0.05) is 6.04 Å². The maximum Gasteiger partial charge on any atom is 0.262 e. The molecule has 0 aromatic heterocycles. The zero-order chi connectivity index (χ0) is 16.8. The first-order valence-electron chi connectivity index (χ1n) is 8.12. The molecule has 0 saturated heterocycles. The maximum atomic E-state index is 12.4. The van der Waals surface area contributed by atoms with Crippen molar-refractivity contribution in [2.75, 3.05) is 7.11 Å². The highest BCUT2D eigenvalue weighted by molar-refractivity contribution is 6.01. The summed E-state index contributed by atoms with van der Waals surface area (Å²) in [6.45, 7) is 4.10. The lowest BCUT2D eigenvalue weighted by Gasteiger charge is -2.29. The van der Waals surface area contributed by atoms with E-state index in [1.54, 1.807) is 13.2 Å². The summed E-state index contributed by atoms with van der Waals surface area (Å²) in [7, 11) is 1.62. The summed E-state index contributed by atoms with van der Waals surface area (Å²) in [6.07, 6.45) is 6.12. The monoisotopic (exact) mass is 312 g/mol. The van der Waals surface area contributed by atoms with Gasteiger partial charge in [-0.05, 0) is 55.0 Å². The zero-order valence-corrected chi connectivity index (χ0v) is 14.1. The number of nitriles is 1. The van der Waals surface area contributed by atoms with E-state index in [-0.39, 0.29) is 17.5 Å². The summed E-state index contributed by atoms with van der Waals surface area (Å²) < 4.78 is 5.23. The van der Waals surface area contributed by atoms with Crippen LogP contribution in [0.3, 0.4) is 0 Å². The molecule has 2 atom stereocenters. The van der Waals surface area contributed by atoms with Crippen LogP contribution >= 0.6 is 0 Å². The SMILES string of the molecule is COc1ccc(/C=C(\C#N)C(=O)N[C@H]2CCCC[C@@H]2C)cc1C. The van der Waals surface area contributed by atoms with Crippen molar-refractivity contribution in [3.63, 3.8) is 0 Å². The molecule has 0 heterocycles. The van der Waals surface area contributed by atoms with Gasteiger partial charge in [0.25, 0.3) is 5.91 Å². The molecule has 0 radical (unpaired) electrons. The van der Waals surface area contributed by atoms with Gasteiger partial charge in [-0.15, -0.1) is 0 Å². The molecular weight excluding hydrogens is 288 g/mol. The Kier molecular flexibility index (Phi) is 5.81. The van der Waals surface area contributed by atoms with Crippen LogP contribution in [0.25, 0.3) is 6.08 Å². The largest absolute Gasteiger partial charge is 0.496 e. The Morgan fingerprint density at radius 3 is 2.74 bits per heavy atom. The molecule has 23 heavy (non-hydrogen) atoms. The van der Waals surface area contributed by atoms with E-state index in [4.69, 9.17) is 4.74 Å². The standard InChI is InChI=1S/C19H24N2O2/c1-13-6-4-5-7-17(13)21-19(22)16(12-20)11-15-8-9-18(23-3)14(2)10-15/h8-11,13,17H,4-7H2,1-3H3,(H,21,22)/b16-11+/t13-,17-/m0/s1. The number of rotatable bonds is 4. The van der Waals surface area contributed by atoms with Gasteiger partial charge in [0.2, 0.25) is 0 Å². The molecule has 0 aliphatic heterocycles. The number of nitrogens with zero attached hydrogens (tertiary/aromatic N) is 1. The molecule has 1 N–H and O–H groups in total. The highest BCUT2D eigenvalue weighted by Crippen LogP contribution is 2.24. The number of hydrogen-bond donors (Lipinski definition) is 1. The van der Waals surface area contributed by atoms with Crippen LogP contribution in [0.5, 0.6) is 5.75 Å². The summed E-state index contributed by atoms with van der Waals surface area (Å²) in [6, 6.07) is 7.79. The predicted octanol–water partition coefficient (Wildman–Crippen LogP) is 3.61. The average Bonchev–Trinajstić information content (AvgIpc) is 2.54. The number of hydrogen-bond acceptors (Lipinski definition) is 3. The Balaban J connectivity index is 2.13. The number of aryl methyl sites for hydroxylation is 1. The molecule has 0 bridgehead atoms. The summed E-state index contributed by atoms with van der Waals surface area (Å²) in [5, 5.41) is 12.3. The summed E-state index contributed by atoms with van der Waals surface area (Å²) in [5.74, 6) is 0.983. The van der Waals surface area contributed by atoms with E-state index in [0.29, 0.717) is 5.92 Å². The lowest BCUT2D eigenvalue weighted by molar-refractivity contribution is -0.118. The Morgan fingerprint density at radius 1 is 1.39 bits per heavy atom. The minimum Gasteiger partial charge on any atom is -0.496 e. The van der Waals surface area contributed by atoms with Crippen molar-refractivity contribution < 1.29 is 9.53 Å². The molecule has 122 valence electrons. The number of carbonyl (C=O) groups is 1. The third kappa shape index (κ3) is 4.35. The molecule has 4 heteroatoms. The molecule has 1 amide bonds. The van der Waals surface area contributed by atoms with Crippen LogP contribution < -0.4 is 10.1 Å². The fraction of sp³-hybridized carbons (Fsp3) is 0.474. The van der Waals surface area contributed by atoms with Gasteiger partial charge in [-0.3, -0.25) is 4.79 Å². The van der Waals surface area contributed by atoms with E-state index in [0.717, 1.165) is 36.1 Å². The van der Waals surface area contributed by atoms with Gasteiger partial charge >= 0.3 is 0 Å². The summed E-state index contributed by atoms with van der Waals surface area (Å²) >= 11 is 0. The summed E-state index contributed by atoms with van der Waals surface area (Å²) in [5.41, 5.74) is 1.94. The van der Waals surface area contributed by atoms with Crippen LogP contribution in [0.4, 0.5) is 0 Å². The van der Waals surface area contributed by atoms with Crippen molar-refractivity contribution in [3.8, 4) is 11.8 Å². The third-order valence-electron chi connectivity index (χ3n) is 4.52. The van der Waals surface area contributed by atoms with E-state index in [2.05, 4.69) is 12.2 Å². The minimum absolute atomic E-state index is 0.146. The first-order chi connectivity index (χ1) is 11.0. The number of amides is 1. The molecule has 0 spiro atoms. The number of ether oxygens (including phenoxy) is 1. The van der Waals surface area contributed by atoms with Gasteiger partial charge in [0.1, 0.15) is 17.4 Å². The predicted molar refractivity (Wildman–Crippen MR) is 90.9 cm³/mol. The van der Waals surface area contributed by atoms with Crippen LogP contribution in [0.2, 0.25) is 0 Å². The van der Waals surface area contributed by atoms with E-state index in [1.165, 1.54) is 6.42 Å². The molecular formula is C19H24N2O2. The molecule has 4 nitrogen and oxygen atoms in total. The van der Waals surface area contributed by atoms with Crippen molar-refractivity contribution in [1.29, 1.82) is 5.26 Å². The van der Waals surface area contributed by atoms with Crippen LogP contribution in [-0.2, 0) is 4.79 Å². The van der Waals surface area contributed by atoms with Crippen molar-refractivity contribution in [1.82, 2.24) is 5.32 Å². The van der Waals surface area contributed by atoms with Gasteiger partial charge in [0.15, 0.2) is 0 Å². The van der Waals surface area contributed by atoms with Crippen molar-refractivity contribution in [2.45, 2.75) is 45.6 Å². The topological polar surface area (TPSA) is 62.1 Å². The highest BCUT2D eigenvalue weighted by atomic mass is 16.5. The van der Waals surface area contributed by atoms with Crippen LogP contribution in [-0.4, -0.2) is 19.1 Å². The zero-order valence-electron chi connectivity index (χ0n) is 14.1. The number of methoxy groups -OCH3 is 1. The second-order valence-corrected chi connectivity index (χ2v) is 6.24. The van der Waals surface area contributed by atoms with E-state index < -0.39 is 0 Å². The Bertz CT molecular complexity index is 643. The Labute approximate surface area is 138 Å². The van der Waals surface area contributed by atoms with Gasteiger partial charge in [0.05, 0.1) is 7.11 Å². The highest BCUT2D eigenvalue weighted by Gasteiger charge is 2.24. The molecule has 1 aromatic carbocycles. The lowest BCUT2D eigenvalue weighted by atomic mass is 9.86. The molecule has 1 aliphatic rings. The molecule has 2 rings (SSSR count). The van der Waals surface area contributed by atoms with Crippen LogP contribution in [0, 0.1) is 24.2 Å². The van der Waals surface area contributed by atoms with Gasteiger partial charge < -0.3 is 10.1 Å². The average molecular weight is 312 g/mol. The van der Waals surface area contributed by atoms with Crippen molar-refractivity contribution in [3.05, 3.63) is 34.9 Å². The van der Waals surface area contributed by atoms with Gasteiger partial charge in [-0.25, -0.2) is 0 Å². The van der Waals surface area contributed by atoms with Crippen molar-refractivity contribution >= 4 is 12.0 Å². The second kappa shape index (κ2) is 7.82. The number of benzene rings is 1. The van der Waals surface area contributed by atoms with Crippen molar-refractivity contribution in [2.24, 2.45) is 5.92 Å². The summed E-state index contributed by atoms with van der Waals surface area (Å²) in [4.78, 5) is 12.4. The number of nitrogens with one attached hydrogen (secondary N) is 1. The van der Waals surface area contributed by atoms with Crippen LogP contribution in [0.1, 0.15) is 43.7 Å². The fourth-order valence-electron chi connectivity index (χ4n) is 3.08. The molecule has 1 fully saturated rings. The second-order valence-electron chi connectivity index (χ2n) is 6.24. The number of carbonyl (C=O) groups excluding carboxylic acids is 1. The Hall–Kier alpha value is -2.28. The molecule has 1 aromatic rings. The molecule has 1 saturated carbocycles. The van der Waals surface area contributed by atoms with Gasteiger partial charge in [-0.1, -0.05) is 25.8 Å². The lowest BCUT2D eigenvalue weighted by Crippen LogP contribution is -2.41. The molecule has 0 unspecified atom stereocenters.